The first-order valence-corrected chi connectivity index (χ1v) is 9.63. The van der Waals surface area contributed by atoms with E-state index in [9.17, 15) is 4.79 Å². The Labute approximate surface area is 143 Å². The minimum Gasteiger partial charge on any atom is -0.494 e. The highest BCUT2D eigenvalue weighted by atomic mass is 32.1. The Morgan fingerprint density at radius 1 is 1.22 bits per heavy atom. The normalized spacial score (nSPS) is 11.7. The molecule has 2 rings (SSSR count). The number of carbonyl (C=O) groups excluding carboxylic acids is 1. The summed E-state index contributed by atoms with van der Waals surface area (Å²) < 4.78 is 12.0. The van der Waals surface area contributed by atoms with Crippen LogP contribution in [0, 0.1) is 0 Å². The largest absolute Gasteiger partial charge is 0.494 e. The molecule has 0 aliphatic rings. The van der Waals surface area contributed by atoms with Crippen LogP contribution in [-0.2, 0) is 10.2 Å². The van der Waals surface area contributed by atoms with Crippen molar-refractivity contribution < 1.29 is 14.3 Å². The Bertz CT molecular complexity index is 647. The molecule has 1 aromatic carbocycles. The van der Waals surface area contributed by atoms with Gasteiger partial charge >= 0.3 is 5.97 Å². The maximum absolute atomic E-state index is 11.9. The van der Waals surface area contributed by atoms with Crippen LogP contribution in [0.4, 0.5) is 0 Å². The lowest BCUT2D eigenvalue weighted by Crippen LogP contribution is -2.16. The van der Waals surface area contributed by atoms with E-state index in [1.165, 1.54) is 10.2 Å². The number of hydrogen-bond acceptors (Lipinski definition) is 4. The van der Waals surface area contributed by atoms with Gasteiger partial charge in [0, 0.05) is 15.4 Å². The summed E-state index contributed by atoms with van der Waals surface area (Å²) in [5, 5.41) is 2.64. The van der Waals surface area contributed by atoms with Crippen LogP contribution >= 0.6 is 19.5 Å². The molecule has 0 radical (unpaired) electrons. The number of esters is 1. The van der Waals surface area contributed by atoms with E-state index in [1.54, 1.807) is 11.3 Å². The topological polar surface area (TPSA) is 35.5 Å². The first-order chi connectivity index (χ1) is 11.0. The molecule has 2 aromatic rings. The molecule has 0 atom stereocenters. The molecule has 0 aliphatic heterocycles. The van der Waals surface area contributed by atoms with Crippen molar-refractivity contribution >= 4 is 25.5 Å². The first kappa shape index (κ1) is 18.0. The molecule has 0 bridgehead atoms. The summed E-state index contributed by atoms with van der Waals surface area (Å²) in [7, 11) is 0.952. The maximum atomic E-state index is 11.9. The first-order valence-electron chi connectivity index (χ1n) is 7.85. The molecule has 0 saturated heterocycles. The van der Waals surface area contributed by atoms with Crippen LogP contribution in [0.5, 0.6) is 5.75 Å². The van der Waals surface area contributed by atoms with Gasteiger partial charge in [-0.15, -0.1) is 11.3 Å². The molecule has 0 fully saturated rings. The molecule has 0 aliphatic carbocycles. The summed E-state index contributed by atoms with van der Waals surface area (Å²) >= 11 is 1.63. The number of benzene rings is 1. The van der Waals surface area contributed by atoms with Crippen LogP contribution in [0.15, 0.2) is 29.6 Å². The Morgan fingerprint density at radius 2 is 1.91 bits per heavy atom. The van der Waals surface area contributed by atoms with Crippen LogP contribution in [0.2, 0.25) is 0 Å². The third-order valence-corrected chi connectivity index (χ3v) is 6.74. The summed E-state index contributed by atoms with van der Waals surface area (Å²) in [4.78, 5) is 11.9. The van der Waals surface area contributed by atoms with E-state index < -0.39 is 0 Å². The van der Waals surface area contributed by atoms with Crippen molar-refractivity contribution in [2.24, 2.45) is 0 Å². The van der Waals surface area contributed by atoms with Gasteiger partial charge in [-0.1, -0.05) is 32.9 Å². The molecular weight excluding hydrogens is 327 g/mol. The fraction of sp³-hybridized carbons (Fsp3) is 0.444. The lowest BCUT2D eigenvalue weighted by atomic mass is 9.87. The standard InChI is InChI=1S/C18H23O3PS/c1-5-11-21-14-9-7-13(8-10-14)18(3,4)17-22-15(12-23-17)16(19)20-6-2/h7-10,12H,5-6,11H2,1-4H3. The lowest BCUT2D eigenvalue weighted by Gasteiger charge is -2.23. The molecule has 5 heteroatoms. The third-order valence-electron chi connectivity index (χ3n) is 3.57. The second kappa shape index (κ2) is 7.94. The molecular formula is C18H23O3PS. The van der Waals surface area contributed by atoms with Gasteiger partial charge < -0.3 is 9.47 Å². The summed E-state index contributed by atoms with van der Waals surface area (Å²) in [5.74, 6) is 0.689. The highest BCUT2D eigenvalue weighted by Gasteiger charge is 2.27. The fourth-order valence-electron chi connectivity index (χ4n) is 2.17. The second-order valence-corrected chi connectivity index (χ2v) is 8.09. The van der Waals surface area contributed by atoms with E-state index in [0.29, 0.717) is 6.61 Å². The molecule has 124 valence electrons. The van der Waals surface area contributed by atoms with Crippen LogP contribution < -0.4 is 4.74 Å². The average Bonchev–Trinajstić information content (AvgIpc) is 3.04. The Hall–Kier alpha value is -1.38. The predicted molar refractivity (Wildman–Crippen MR) is 97.1 cm³/mol. The van der Waals surface area contributed by atoms with E-state index >= 15 is 0 Å². The minimum absolute atomic E-state index is 0.125. The monoisotopic (exact) mass is 350 g/mol. The number of ether oxygens (including phenoxy) is 2. The van der Waals surface area contributed by atoms with Gasteiger partial charge in [0.2, 0.25) is 0 Å². The summed E-state index contributed by atoms with van der Waals surface area (Å²) in [6.07, 6.45) is 1.00. The van der Waals surface area contributed by atoms with Crippen molar-refractivity contribution in [2.75, 3.05) is 13.2 Å². The molecule has 0 N–H and O–H groups in total. The van der Waals surface area contributed by atoms with Crippen LogP contribution in [0.25, 0.3) is 0 Å². The predicted octanol–water partition coefficient (Wildman–Crippen LogP) is 5.62. The number of rotatable bonds is 7. The van der Waals surface area contributed by atoms with Gasteiger partial charge in [0.15, 0.2) is 0 Å². The quantitative estimate of drug-likeness (QED) is 0.608. The van der Waals surface area contributed by atoms with Crippen molar-refractivity contribution in [3.63, 3.8) is 0 Å². The average molecular weight is 350 g/mol. The van der Waals surface area contributed by atoms with Gasteiger partial charge in [-0.05, 0) is 39.2 Å². The zero-order valence-electron chi connectivity index (χ0n) is 14.1. The number of hydrogen-bond donors (Lipinski definition) is 0. The second-order valence-electron chi connectivity index (χ2n) is 5.76. The lowest BCUT2D eigenvalue weighted by molar-refractivity contribution is 0.0532. The highest BCUT2D eigenvalue weighted by molar-refractivity contribution is 7.43. The Kier molecular flexibility index (Phi) is 6.20. The van der Waals surface area contributed by atoms with Crippen molar-refractivity contribution in [1.29, 1.82) is 0 Å². The van der Waals surface area contributed by atoms with E-state index in [-0.39, 0.29) is 11.4 Å². The molecule has 0 amide bonds. The fourth-order valence-corrected chi connectivity index (χ4v) is 4.72. The molecule has 0 unspecified atom stereocenters. The van der Waals surface area contributed by atoms with Crippen molar-refractivity contribution in [2.45, 2.75) is 39.5 Å². The van der Waals surface area contributed by atoms with E-state index in [0.717, 1.165) is 32.3 Å². The molecule has 1 aromatic heterocycles. The number of carbonyl (C=O) groups is 1. The molecule has 0 saturated carbocycles. The van der Waals surface area contributed by atoms with Crippen LogP contribution in [-0.4, -0.2) is 19.2 Å². The van der Waals surface area contributed by atoms with Gasteiger partial charge in [-0.25, -0.2) is 4.79 Å². The minimum atomic E-state index is -0.212. The smallest absolute Gasteiger partial charge is 0.343 e. The SMILES string of the molecule is CCCOc1ccc(C(C)(C)c2pc(C(=O)OCC)cs2)cc1. The van der Waals surface area contributed by atoms with Crippen LogP contribution in [0.3, 0.4) is 0 Å². The van der Waals surface area contributed by atoms with Crippen molar-refractivity contribution in [3.05, 3.63) is 45.1 Å². The Balaban J connectivity index is 2.19. The van der Waals surface area contributed by atoms with Gasteiger partial charge in [-0.2, -0.15) is 0 Å². The zero-order valence-corrected chi connectivity index (χ0v) is 15.8. The van der Waals surface area contributed by atoms with Gasteiger partial charge in [0.05, 0.1) is 18.5 Å². The maximum Gasteiger partial charge on any atom is 0.343 e. The van der Waals surface area contributed by atoms with Gasteiger partial charge in [0.25, 0.3) is 0 Å². The molecule has 1 heterocycles. The van der Waals surface area contributed by atoms with Crippen molar-refractivity contribution in [1.82, 2.24) is 0 Å². The van der Waals surface area contributed by atoms with E-state index in [2.05, 4.69) is 32.9 Å². The third kappa shape index (κ3) is 4.33. The summed E-state index contributed by atoms with van der Waals surface area (Å²) in [6.45, 7) is 9.45. The van der Waals surface area contributed by atoms with Gasteiger partial charge in [0.1, 0.15) is 5.75 Å². The van der Waals surface area contributed by atoms with Crippen LogP contribution in [0.1, 0.15) is 54.4 Å². The Morgan fingerprint density at radius 3 is 2.52 bits per heavy atom. The summed E-state index contributed by atoms with van der Waals surface area (Å²) in [6, 6.07) is 8.25. The molecule has 23 heavy (non-hydrogen) atoms. The van der Waals surface area contributed by atoms with Crippen molar-refractivity contribution in [3.8, 4) is 5.75 Å². The zero-order chi connectivity index (χ0) is 16.9. The molecule has 3 nitrogen and oxygen atoms in total. The van der Waals surface area contributed by atoms with Gasteiger partial charge in [-0.3, -0.25) is 0 Å². The van der Waals surface area contributed by atoms with E-state index in [4.69, 9.17) is 9.47 Å². The summed E-state index contributed by atoms with van der Waals surface area (Å²) in [5.41, 5.74) is 1.09. The van der Waals surface area contributed by atoms with E-state index in [1.807, 2.05) is 24.4 Å². The highest BCUT2D eigenvalue weighted by Crippen LogP contribution is 2.42. The molecule has 0 spiro atoms.